The van der Waals surface area contributed by atoms with Crippen molar-refractivity contribution < 1.29 is 14.3 Å². The Hall–Kier alpha value is -2.40. The fourth-order valence-electron chi connectivity index (χ4n) is 2.43. The summed E-state index contributed by atoms with van der Waals surface area (Å²) in [6, 6.07) is 15.1. The number of aldehydes is 1. The van der Waals surface area contributed by atoms with Gasteiger partial charge in [0, 0.05) is 17.9 Å². The summed E-state index contributed by atoms with van der Waals surface area (Å²) in [4.78, 5) is 15.1. The van der Waals surface area contributed by atoms with E-state index in [1.54, 1.807) is 0 Å². The van der Waals surface area contributed by atoms with Gasteiger partial charge in [0.2, 0.25) is 5.88 Å². The van der Waals surface area contributed by atoms with Crippen LogP contribution >= 0.6 is 15.9 Å². The molecule has 0 unspecified atom stereocenters. The predicted octanol–water partition coefficient (Wildman–Crippen LogP) is 5.32. The highest BCUT2D eigenvalue weighted by atomic mass is 79.9. The second kappa shape index (κ2) is 8.12. The van der Waals surface area contributed by atoms with E-state index in [1.807, 2.05) is 48.5 Å². The number of carbonyl (C=O) groups excluding carboxylic acids is 1. The van der Waals surface area contributed by atoms with Crippen LogP contribution in [-0.2, 0) is 11.2 Å². The number of aromatic nitrogens is 1. The largest absolute Gasteiger partial charge is 0.492 e. The summed E-state index contributed by atoms with van der Waals surface area (Å²) in [6.07, 6.45) is 2.27. The number of fused-ring (bicyclic) bond motifs is 1. The van der Waals surface area contributed by atoms with Crippen molar-refractivity contribution in [1.82, 2.24) is 4.98 Å². The fraction of sp³-hybridized carbons (Fsp3) is 0.200. The number of rotatable bonds is 7. The van der Waals surface area contributed by atoms with E-state index < -0.39 is 0 Å². The molecule has 128 valence electrons. The average molecular weight is 400 g/mol. The molecule has 0 amide bonds. The quantitative estimate of drug-likeness (QED) is 0.504. The number of hydrogen-bond acceptors (Lipinski definition) is 4. The van der Waals surface area contributed by atoms with Gasteiger partial charge in [-0.05, 0) is 64.3 Å². The van der Waals surface area contributed by atoms with Crippen LogP contribution in [0.2, 0.25) is 0 Å². The Labute approximate surface area is 154 Å². The first kappa shape index (κ1) is 17.4. The van der Waals surface area contributed by atoms with Gasteiger partial charge in [0.15, 0.2) is 0 Å². The highest BCUT2D eigenvalue weighted by Crippen LogP contribution is 2.31. The zero-order valence-corrected chi connectivity index (χ0v) is 15.5. The van der Waals surface area contributed by atoms with E-state index in [0.29, 0.717) is 24.7 Å². The van der Waals surface area contributed by atoms with Crippen LogP contribution in [0.1, 0.15) is 18.9 Å². The highest BCUT2D eigenvalue weighted by molar-refractivity contribution is 9.10. The van der Waals surface area contributed by atoms with Crippen LogP contribution in [-0.4, -0.2) is 17.9 Å². The fourth-order valence-corrected chi connectivity index (χ4v) is 2.90. The number of carbonyl (C=O) groups is 1. The van der Waals surface area contributed by atoms with Gasteiger partial charge in [0.05, 0.1) is 16.6 Å². The molecule has 25 heavy (non-hydrogen) atoms. The van der Waals surface area contributed by atoms with Crippen molar-refractivity contribution in [3.8, 4) is 17.4 Å². The Morgan fingerprint density at radius 1 is 1.12 bits per heavy atom. The number of nitrogens with zero attached hydrogens (tertiary/aromatic N) is 1. The Kier molecular flexibility index (Phi) is 5.66. The van der Waals surface area contributed by atoms with Gasteiger partial charge in [-0.1, -0.05) is 13.0 Å². The molecular weight excluding hydrogens is 382 g/mol. The predicted molar refractivity (Wildman–Crippen MR) is 102 cm³/mol. The summed E-state index contributed by atoms with van der Waals surface area (Å²) in [7, 11) is 0. The van der Waals surface area contributed by atoms with Gasteiger partial charge in [0.1, 0.15) is 17.8 Å². The number of pyridine rings is 1. The lowest BCUT2D eigenvalue weighted by atomic mass is 10.1. The normalized spacial score (nSPS) is 10.6. The molecule has 0 radical (unpaired) electrons. The van der Waals surface area contributed by atoms with Gasteiger partial charge in [-0.15, -0.1) is 0 Å². The van der Waals surface area contributed by atoms with Crippen molar-refractivity contribution in [2.45, 2.75) is 19.8 Å². The molecule has 0 saturated carbocycles. The third-order valence-electron chi connectivity index (χ3n) is 3.63. The van der Waals surface area contributed by atoms with Crippen LogP contribution in [0.4, 0.5) is 0 Å². The minimum absolute atomic E-state index is 0.411. The van der Waals surface area contributed by atoms with Crippen LogP contribution in [0.3, 0.4) is 0 Å². The number of benzene rings is 2. The van der Waals surface area contributed by atoms with Gasteiger partial charge in [-0.2, -0.15) is 0 Å². The SMILES string of the molecule is CCCOc1ccc(Oc2ccc3cc(CC=O)ccc3n2)cc1Br. The smallest absolute Gasteiger partial charge is 0.219 e. The average Bonchev–Trinajstić information content (AvgIpc) is 2.61. The van der Waals surface area contributed by atoms with Gasteiger partial charge in [0.25, 0.3) is 0 Å². The molecule has 5 heteroatoms. The van der Waals surface area contributed by atoms with Crippen LogP contribution < -0.4 is 9.47 Å². The van der Waals surface area contributed by atoms with E-state index >= 15 is 0 Å². The Morgan fingerprint density at radius 3 is 2.76 bits per heavy atom. The first-order valence-electron chi connectivity index (χ1n) is 8.13. The monoisotopic (exact) mass is 399 g/mol. The standard InChI is InChI=1S/C20H18BrNO3/c1-2-11-24-19-7-5-16(13-17(19)21)25-20-8-4-15-12-14(9-10-23)3-6-18(15)22-20/h3-8,10,12-13H,2,9,11H2,1H3. The molecule has 0 aliphatic carbocycles. The van der Waals surface area contributed by atoms with Crippen molar-refractivity contribution in [3.05, 3.63) is 58.6 Å². The molecule has 1 heterocycles. The number of ether oxygens (including phenoxy) is 2. The first-order valence-corrected chi connectivity index (χ1v) is 8.92. The summed E-state index contributed by atoms with van der Waals surface area (Å²) >= 11 is 3.50. The molecule has 0 N–H and O–H groups in total. The van der Waals surface area contributed by atoms with E-state index in [0.717, 1.165) is 39.4 Å². The van der Waals surface area contributed by atoms with Gasteiger partial charge >= 0.3 is 0 Å². The number of hydrogen-bond donors (Lipinski definition) is 0. The van der Waals surface area contributed by atoms with Gasteiger partial charge < -0.3 is 14.3 Å². The maximum absolute atomic E-state index is 10.6. The van der Waals surface area contributed by atoms with Crippen LogP contribution in [0.25, 0.3) is 10.9 Å². The molecule has 0 fully saturated rings. The maximum atomic E-state index is 10.6. The van der Waals surface area contributed by atoms with Gasteiger partial charge in [-0.25, -0.2) is 4.98 Å². The van der Waals surface area contributed by atoms with E-state index in [-0.39, 0.29) is 0 Å². The van der Waals surface area contributed by atoms with Crippen molar-refractivity contribution in [2.24, 2.45) is 0 Å². The molecular formula is C20H18BrNO3. The van der Waals surface area contributed by atoms with Crippen LogP contribution in [0.15, 0.2) is 53.0 Å². The molecule has 0 saturated heterocycles. The van der Waals surface area contributed by atoms with Gasteiger partial charge in [-0.3, -0.25) is 0 Å². The molecule has 1 aromatic heterocycles. The molecule has 3 aromatic rings. The summed E-state index contributed by atoms with van der Waals surface area (Å²) < 4.78 is 12.3. The molecule has 0 spiro atoms. The minimum Gasteiger partial charge on any atom is -0.492 e. The van der Waals surface area contributed by atoms with Crippen molar-refractivity contribution in [2.75, 3.05) is 6.61 Å². The van der Waals surface area contributed by atoms with Crippen LogP contribution in [0, 0.1) is 0 Å². The van der Waals surface area contributed by atoms with E-state index in [2.05, 4.69) is 27.8 Å². The highest BCUT2D eigenvalue weighted by Gasteiger charge is 2.06. The van der Waals surface area contributed by atoms with Crippen LogP contribution in [0.5, 0.6) is 17.4 Å². The summed E-state index contributed by atoms with van der Waals surface area (Å²) in [5.74, 6) is 1.99. The lowest BCUT2D eigenvalue weighted by molar-refractivity contribution is -0.107. The lowest BCUT2D eigenvalue weighted by Crippen LogP contribution is -1.96. The zero-order chi connectivity index (χ0) is 17.6. The Bertz CT molecular complexity index is 895. The zero-order valence-electron chi connectivity index (χ0n) is 13.9. The molecule has 0 aliphatic rings. The second-order valence-electron chi connectivity index (χ2n) is 5.59. The van der Waals surface area contributed by atoms with Crippen molar-refractivity contribution in [3.63, 3.8) is 0 Å². The molecule has 2 aromatic carbocycles. The molecule has 4 nitrogen and oxygen atoms in total. The second-order valence-corrected chi connectivity index (χ2v) is 6.44. The van der Waals surface area contributed by atoms with E-state index in [9.17, 15) is 4.79 Å². The third-order valence-corrected chi connectivity index (χ3v) is 4.25. The summed E-state index contributed by atoms with van der Waals surface area (Å²) in [6.45, 7) is 2.75. The topological polar surface area (TPSA) is 48.4 Å². The molecule has 0 bridgehead atoms. The molecule has 0 aliphatic heterocycles. The first-order chi connectivity index (χ1) is 12.2. The lowest BCUT2D eigenvalue weighted by Gasteiger charge is -2.10. The third kappa shape index (κ3) is 4.37. The maximum Gasteiger partial charge on any atom is 0.219 e. The summed E-state index contributed by atoms with van der Waals surface area (Å²) in [5.41, 5.74) is 1.80. The Morgan fingerprint density at radius 2 is 2.00 bits per heavy atom. The van der Waals surface area contributed by atoms with E-state index in [4.69, 9.17) is 9.47 Å². The summed E-state index contributed by atoms with van der Waals surface area (Å²) in [5, 5.41) is 0.983. The molecule has 3 rings (SSSR count). The van der Waals surface area contributed by atoms with Crippen molar-refractivity contribution in [1.29, 1.82) is 0 Å². The molecule has 0 atom stereocenters. The van der Waals surface area contributed by atoms with Crippen molar-refractivity contribution >= 4 is 33.1 Å². The number of halogens is 1. The van der Waals surface area contributed by atoms with E-state index in [1.165, 1.54) is 0 Å². The Balaban J connectivity index is 1.79. The minimum atomic E-state index is 0.411.